The Morgan fingerprint density at radius 2 is 1.67 bits per heavy atom. The van der Waals surface area contributed by atoms with Crippen LogP contribution in [0.5, 0.6) is 5.75 Å². The summed E-state index contributed by atoms with van der Waals surface area (Å²) in [6.07, 6.45) is 4.19. The second-order valence-corrected chi connectivity index (χ2v) is 11.6. The lowest BCUT2D eigenvalue weighted by Gasteiger charge is -2.41. The fraction of sp³-hybridized carbons (Fsp3) is 0.548. The van der Waals surface area contributed by atoms with Crippen molar-refractivity contribution in [1.29, 1.82) is 0 Å². The number of nitrogens with zero attached hydrogens (tertiary/aromatic N) is 1. The van der Waals surface area contributed by atoms with E-state index in [2.05, 4.69) is 5.32 Å². The van der Waals surface area contributed by atoms with E-state index < -0.39 is 17.8 Å². The summed E-state index contributed by atoms with van der Waals surface area (Å²) in [6.45, 7) is 6.50. The van der Waals surface area contributed by atoms with Crippen molar-refractivity contribution in [2.24, 2.45) is 0 Å². The lowest BCUT2D eigenvalue weighted by molar-refractivity contribution is -0.0310. The van der Waals surface area contributed by atoms with Crippen molar-refractivity contribution in [2.75, 3.05) is 13.2 Å². The number of phenolic OH excluding ortho intramolecular Hbond substituents is 1. The smallest absolute Gasteiger partial charge is 0.410 e. The van der Waals surface area contributed by atoms with Crippen LogP contribution in [0.2, 0.25) is 0 Å². The van der Waals surface area contributed by atoms with Gasteiger partial charge in [-0.25, -0.2) is 9.59 Å². The lowest BCUT2D eigenvalue weighted by Crippen LogP contribution is -2.59. The fourth-order valence-electron chi connectivity index (χ4n) is 5.53. The normalized spacial score (nSPS) is 23.6. The number of hydrogen-bond donors (Lipinski definition) is 2. The van der Waals surface area contributed by atoms with Crippen molar-refractivity contribution in [2.45, 2.75) is 95.6 Å². The van der Waals surface area contributed by atoms with Crippen molar-refractivity contribution in [1.82, 2.24) is 10.2 Å². The Balaban J connectivity index is 1.39. The highest BCUT2D eigenvalue weighted by Gasteiger charge is 2.38. The molecule has 0 spiro atoms. The van der Waals surface area contributed by atoms with E-state index in [0.717, 1.165) is 49.7 Å². The van der Waals surface area contributed by atoms with Gasteiger partial charge in [-0.3, -0.25) is 0 Å². The van der Waals surface area contributed by atoms with Crippen molar-refractivity contribution in [3.63, 3.8) is 0 Å². The van der Waals surface area contributed by atoms with Gasteiger partial charge in [-0.2, -0.15) is 0 Å². The number of aromatic hydroxyl groups is 1. The summed E-state index contributed by atoms with van der Waals surface area (Å²) >= 11 is 0. The second kappa shape index (κ2) is 13.2. The van der Waals surface area contributed by atoms with Gasteiger partial charge in [0, 0.05) is 6.54 Å². The molecule has 2 amide bonds. The molecule has 2 aromatic carbocycles. The van der Waals surface area contributed by atoms with Crippen LogP contribution < -0.4 is 5.32 Å². The second-order valence-electron chi connectivity index (χ2n) is 11.6. The van der Waals surface area contributed by atoms with Gasteiger partial charge in [0.25, 0.3) is 0 Å². The van der Waals surface area contributed by atoms with Crippen LogP contribution in [0.3, 0.4) is 0 Å². The molecule has 0 radical (unpaired) electrons. The van der Waals surface area contributed by atoms with Crippen LogP contribution in [0.1, 0.15) is 76.3 Å². The molecule has 39 heavy (non-hydrogen) atoms. The Morgan fingerprint density at radius 3 is 2.36 bits per heavy atom. The van der Waals surface area contributed by atoms with E-state index in [0.29, 0.717) is 24.8 Å². The van der Waals surface area contributed by atoms with Crippen LogP contribution in [0.4, 0.5) is 9.59 Å². The van der Waals surface area contributed by atoms with E-state index in [9.17, 15) is 14.7 Å². The SMILES string of the molecule is CC(C)(C)OC(=O)NC1CCCN(C(=O)OCc2ccccc2)C1COC1CCC(c2ccccc2O)CC1. The Hall–Kier alpha value is -3.26. The summed E-state index contributed by atoms with van der Waals surface area (Å²) < 4.78 is 17.6. The van der Waals surface area contributed by atoms with Gasteiger partial charge in [-0.05, 0) is 82.4 Å². The minimum absolute atomic E-state index is 0.0541. The van der Waals surface area contributed by atoms with Gasteiger partial charge < -0.3 is 29.5 Å². The zero-order valence-corrected chi connectivity index (χ0v) is 23.3. The van der Waals surface area contributed by atoms with Crippen LogP contribution in [0.15, 0.2) is 54.6 Å². The number of rotatable bonds is 7. The molecule has 0 bridgehead atoms. The molecule has 4 rings (SSSR count). The average Bonchev–Trinajstić information content (AvgIpc) is 2.91. The summed E-state index contributed by atoms with van der Waals surface area (Å²) in [6, 6.07) is 16.4. The molecule has 212 valence electrons. The van der Waals surface area contributed by atoms with Gasteiger partial charge >= 0.3 is 12.2 Å². The Labute approximate surface area is 231 Å². The predicted octanol–water partition coefficient (Wildman–Crippen LogP) is 6.13. The molecule has 1 saturated heterocycles. The Kier molecular flexibility index (Phi) is 9.73. The minimum Gasteiger partial charge on any atom is -0.508 e. The van der Waals surface area contributed by atoms with Crippen LogP contribution in [-0.2, 0) is 20.8 Å². The molecule has 0 aromatic heterocycles. The van der Waals surface area contributed by atoms with Gasteiger partial charge in [-0.15, -0.1) is 0 Å². The molecular formula is C31H42N2O6. The number of alkyl carbamates (subject to hydrolysis) is 1. The number of piperidine rings is 1. The fourth-order valence-corrected chi connectivity index (χ4v) is 5.53. The molecule has 1 heterocycles. The molecule has 1 saturated carbocycles. The number of para-hydroxylation sites is 1. The standard InChI is InChI=1S/C31H42N2O6/c1-31(2,3)39-29(35)32-26-13-9-19-33(30(36)38-20-22-10-5-4-6-11-22)27(26)21-37-24-17-15-23(16-18-24)25-12-7-8-14-28(25)34/h4-8,10-12,14,23-24,26-27,34H,9,13,15-21H2,1-3H3,(H,32,35). The maximum Gasteiger partial charge on any atom is 0.410 e. The monoisotopic (exact) mass is 538 g/mol. The van der Waals surface area contributed by atoms with E-state index in [1.807, 2.05) is 69.3 Å². The van der Waals surface area contributed by atoms with Crippen molar-refractivity contribution in [3.8, 4) is 5.75 Å². The number of carbonyl (C=O) groups is 2. The number of likely N-dealkylation sites (tertiary alicyclic amines) is 1. The summed E-state index contributed by atoms with van der Waals surface area (Å²) in [7, 11) is 0. The topological polar surface area (TPSA) is 97.3 Å². The third-order valence-electron chi connectivity index (χ3n) is 7.47. The quantitative estimate of drug-likeness (QED) is 0.440. The van der Waals surface area contributed by atoms with Gasteiger partial charge in [0.1, 0.15) is 18.0 Å². The van der Waals surface area contributed by atoms with Crippen LogP contribution in [0.25, 0.3) is 0 Å². The van der Waals surface area contributed by atoms with Crippen LogP contribution in [0, 0.1) is 0 Å². The molecule has 8 heteroatoms. The summed E-state index contributed by atoms with van der Waals surface area (Å²) in [5.74, 6) is 0.663. The highest BCUT2D eigenvalue weighted by molar-refractivity contribution is 5.70. The highest BCUT2D eigenvalue weighted by atomic mass is 16.6. The van der Waals surface area contributed by atoms with Crippen molar-refractivity contribution in [3.05, 3.63) is 65.7 Å². The molecule has 2 unspecified atom stereocenters. The average molecular weight is 539 g/mol. The number of nitrogens with one attached hydrogen (secondary N) is 1. The molecule has 2 N–H and O–H groups in total. The molecule has 1 aliphatic carbocycles. The molecule has 1 aliphatic heterocycles. The van der Waals surface area contributed by atoms with Gasteiger partial charge in [0.15, 0.2) is 0 Å². The third-order valence-corrected chi connectivity index (χ3v) is 7.47. The largest absolute Gasteiger partial charge is 0.508 e. The first-order valence-electron chi connectivity index (χ1n) is 14.1. The zero-order valence-electron chi connectivity index (χ0n) is 23.3. The first-order valence-corrected chi connectivity index (χ1v) is 14.1. The van der Waals surface area contributed by atoms with E-state index in [1.165, 1.54) is 0 Å². The van der Waals surface area contributed by atoms with E-state index in [1.54, 1.807) is 11.0 Å². The maximum absolute atomic E-state index is 13.2. The molecule has 2 atom stereocenters. The molecule has 2 fully saturated rings. The van der Waals surface area contributed by atoms with Gasteiger partial charge in [0.2, 0.25) is 0 Å². The predicted molar refractivity (Wildman–Crippen MR) is 149 cm³/mol. The highest BCUT2D eigenvalue weighted by Crippen LogP contribution is 2.38. The third kappa shape index (κ3) is 8.36. The number of benzene rings is 2. The number of hydrogen-bond acceptors (Lipinski definition) is 6. The van der Waals surface area contributed by atoms with E-state index in [4.69, 9.17) is 14.2 Å². The zero-order chi connectivity index (χ0) is 27.8. The van der Waals surface area contributed by atoms with Crippen molar-refractivity contribution < 1.29 is 28.9 Å². The number of phenols is 1. The van der Waals surface area contributed by atoms with Crippen molar-refractivity contribution >= 4 is 12.2 Å². The van der Waals surface area contributed by atoms with Gasteiger partial charge in [0.05, 0.1) is 24.8 Å². The van der Waals surface area contributed by atoms with E-state index >= 15 is 0 Å². The Bertz CT molecular complexity index is 1080. The lowest BCUT2D eigenvalue weighted by atomic mass is 9.82. The maximum atomic E-state index is 13.2. The molecular weight excluding hydrogens is 496 g/mol. The number of ether oxygens (including phenoxy) is 3. The van der Waals surface area contributed by atoms with Gasteiger partial charge in [-0.1, -0.05) is 48.5 Å². The summed E-state index contributed by atoms with van der Waals surface area (Å²) in [5.41, 5.74) is 1.29. The van der Waals surface area contributed by atoms with Crippen LogP contribution in [-0.4, -0.2) is 59.1 Å². The number of amides is 2. The number of carbonyl (C=O) groups excluding carboxylic acids is 2. The first-order chi connectivity index (χ1) is 18.7. The minimum atomic E-state index is -0.620. The molecule has 2 aromatic rings. The Morgan fingerprint density at radius 1 is 0.974 bits per heavy atom. The van der Waals surface area contributed by atoms with Crippen LogP contribution >= 0.6 is 0 Å². The van der Waals surface area contributed by atoms with E-state index in [-0.39, 0.29) is 24.8 Å². The summed E-state index contributed by atoms with van der Waals surface area (Å²) in [5, 5.41) is 13.2. The molecule has 8 nitrogen and oxygen atoms in total. The first kappa shape index (κ1) is 28.7. The summed E-state index contributed by atoms with van der Waals surface area (Å²) in [4.78, 5) is 27.5. The molecule has 2 aliphatic rings.